The molecule has 1 aromatic rings. The quantitative estimate of drug-likeness (QED) is 0.825. The smallest absolute Gasteiger partial charge is 0.229 e. The molecule has 0 radical (unpaired) electrons. The third-order valence-corrected chi connectivity index (χ3v) is 3.36. The number of hydrogen-bond donors (Lipinski definition) is 0. The third-order valence-electron chi connectivity index (χ3n) is 3.36. The van der Waals surface area contributed by atoms with Crippen molar-refractivity contribution in [1.29, 1.82) is 0 Å². The van der Waals surface area contributed by atoms with Crippen LogP contribution in [0.5, 0.6) is 0 Å². The average Bonchev–Trinajstić information content (AvgIpc) is 2.45. The Morgan fingerprint density at radius 2 is 1.80 bits per heavy atom. The Hall–Kier alpha value is -2.17. The highest BCUT2D eigenvalue weighted by Gasteiger charge is 2.32. The molecule has 1 aliphatic heterocycles. The number of benzene rings is 1. The SMILES string of the molecule is CC(=O)CN1C(=O)CC(C)N(C(C)=O)c2ccccc21. The molecule has 2 rings (SSSR count). The fourth-order valence-electron chi connectivity index (χ4n) is 2.60. The van der Waals surface area contributed by atoms with Crippen LogP contribution in [0.1, 0.15) is 27.2 Å². The van der Waals surface area contributed by atoms with Crippen LogP contribution in [-0.4, -0.2) is 30.2 Å². The van der Waals surface area contributed by atoms with Crippen LogP contribution in [0.3, 0.4) is 0 Å². The Balaban J connectivity index is 2.57. The molecule has 2 amide bonds. The molecule has 1 heterocycles. The maximum Gasteiger partial charge on any atom is 0.229 e. The highest BCUT2D eigenvalue weighted by Crippen LogP contribution is 2.34. The van der Waals surface area contributed by atoms with E-state index >= 15 is 0 Å². The Bertz CT molecular complexity index is 568. The molecule has 0 aliphatic carbocycles. The molecule has 0 saturated carbocycles. The number of para-hydroxylation sites is 2. The summed E-state index contributed by atoms with van der Waals surface area (Å²) in [7, 11) is 0. The van der Waals surface area contributed by atoms with Crippen molar-refractivity contribution in [2.45, 2.75) is 33.2 Å². The topological polar surface area (TPSA) is 57.7 Å². The maximum absolute atomic E-state index is 12.3. The fourth-order valence-corrected chi connectivity index (χ4v) is 2.60. The van der Waals surface area contributed by atoms with Crippen LogP contribution in [0.15, 0.2) is 24.3 Å². The molecule has 0 saturated heterocycles. The van der Waals surface area contributed by atoms with E-state index in [2.05, 4.69) is 0 Å². The summed E-state index contributed by atoms with van der Waals surface area (Å²) in [4.78, 5) is 38.7. The first-order valence-electron chi connectivity index (χ1n) is 6.60. The van der Waals surface area contributed by atoms with Gasteiger partial charge in [0.1, 0.15) is 5.78 Å². The van der Waals surface area contributed by atoms with E-state index in [1.54, 1.807) is 23.1 Å². The van der Waals surface area contributed by atoms with Crippen LogP contribution >= 0.6 is 0 Å². The maximum atomic E-state index is 12.3. The predicted octanol–water partition coefficient (Wildman–Crippen LogP) is 1.75. The van der Waals surface area contributed by atoms with E-state index in [-0.39, 0.29) is 36.6 Å². The first-order valence-corrected chi connectivity index (χ1v) is 6.60. The fraction of sp³-hybridized carbons (Fsp3) is 0.400. The summed E-state index contributed by atoms with van der Waals surface area (Å²) in [6.45, 7) is 4.81. The number of ketones is 1. The van der Waals surface area contributed by atoms with Crippen LogP contribution in [0.2, 0.25) is 0 Å². The van der Waals surface area contributed by atoms with Crippen molar-refractivity contribution in [2.75, 3.05) is 16.3 Å². The van der Waals surface area contributed by atoms with Crippen LogP contribution < -0.4 is 9.80 Å². The zero-order chi connectivity index (χ0) is 14.9. The number of rotatable bonds is 2. The molecule has 0 N–H and O–H groups in total. The van der Waals surface area contributed by atoms with Gasteiger partial charge in [0, 0.05) is 19.4 Å². The lowest BCUT2D eigenvalue weighted by molar-refractivity contribution is -0.122. The van der Waals surface area contributed by atoms with Crippen LogP contribution in [-0.2, 0) is 14.4 Å². The van der Waals surface area contributed by atoms with Crippen LogP contribution in [0.4, 0.5) is 11.4 Å². The second-order valence-corrected chi connectivity index (χ2v) is 5.11. The summed E-state index contributed by atoms with van der Waals surface area (Å²) in [5, 5.41) is 0. The number of hydrogen-bond acceptors (Lipinski definition) is 3. The Labute approximate surface area is 118 Å². The number of carbonyl (C=O) groups is 3. The lowest BCUT2D eigenvalue weighted by Gasteiger charge is -2.27. The van der Waals surface area contributed by atoms with Gasteiger partial charge in [0.15, 0.2) is 0 Å². The summed E-state index contributed by atoms with van der Waals surface area (Å²) in [6, 6.07) is 6.97. The zero-order valence-corrected chi connectivity index (χ0v) is 11.9. The zero-order valence-electron chi connectivity index (χ0n) is 11.9. The van der Waals surface area contributed by atoms with Gasteiger partial charge in [-0.15, -0.1) is 0 Å². The van der Waals surface area contributed by atoms with E-state index in [9.17, 15) is 14.4 Å². The molecule has 1 aromatic carbocycles. The minimum absolute atomic E-state index is 0.0360. The number of nitrogens with zero attached hydrogens (tertiary/aromatic N) is 2. The molecule has 1 aliphatic rings. The molecule has 1 atom stereocenters. The van der Waals surface area contributed by atoms with Gasteiger partial charge in [0.2, 0.25) is 11.8 Å². The first-order chi connectivity index (χ1) is 9.41. The van der Waals surface area contributed by atoms with Gasteiger partial charge in [-0.05, 0) is 26.0 Å². The average molecular weight is 274 g/mol. The van der Waals surface area contributed by atoms with E-state index in [0.717, 1.165) is 0 Å². The minimum atomic E-state index is -0.224. The van der Waals surface area contributed by atoms with Crippen LogP contribution in [0.25, 0.3) is 0 Å². The highest BCUT2D eigenvalue weighted by atomic mass is 16.2. The van der Waals surface area contributed by atoms with Crippen molar-refractivity contribution in [1.82, 2.24) is 0 Å². The van der Waals surface area contributed by atoms with E-state index in [0.29, 0.717) is 11.4 Å². The molecule has 5 heteroatoms. The van der Waals surface area contributed by atoms with Gasteiger partial charge < -0.3 is 9.80 Å². The van der Waals surface area contributed by atoms with Crippen molar-refractivity contribution in [2.24, 2.45) is 0 Å². The Kier molecular flexibility index (Phi) is 3.88. The largest absolute Gasteiger partial charge is 0.307 e. The van der Waals surface area contributed by atoms with E-state index in [1.807, 2.05) is 13.0 Å². The van der Waals surface area contributed by atoms with E-state index in [4.69, 9.17) is 0 Å². The summed E-state index contributed by atoms with van der Waals surface area (Å²) in [6.07, 6.45) is 0.210. The number of carbonyl (C=O) groups excluding carboxylic acids is 3. The highest BCUT2D eigenvalue weighted by molar-refractivity contribution is 6.07. The molecule has 0 spiro atoms. The van der Waals surface area contributed by atoms with Gasteiger partial charge in [0.05, 0.1) is 17.9 Å². The normalized spacial score (nSPS) is 18.6. The second-order valence-electron chi connectivity index (χ2n) is 5.11. The molecule has 20 heavy (non-hydrogen) atoms. The Morgan fingerprint density at radius 1 is 1.20 bits per heavy atom. The molecular weight excluding hydrogens is 256 g/mol. The molecule has 5 nitrogen and oxygen atoms in total. The molecule has 0 fully saturated rings. The molecule has 0 bridgehead atoms. The monoisotopic (exact) mass is 274 g/mol. The first kappa shape index (κ1) is 14.2. The van der Waals surface area contributed by atoms with Crippen LogP contribution in [0, 0.1) is 0 Å². The summed E-state index contributed by atoms with van der Waals surface area (Å²) < 4.78 is 0. The molecule has 0 aromatic heterocycles. The van der Waals surface area contributed by atoms with Crippen molar-refractivity contribution >= 4 is 29.0 Å². The van der Waals surface area contributed by atoms with E-state index < -0.39 is 0 Å². The van der Waals surface area contributed by atoms with Crippen molar-refractivity contribution < 1.29 is 14.4 Å². The summed E-state index contributed by atoms with van der Waals surface area (Å²) in [5.74, 6) is -0.330. The predicted molar refractivity (Wildman–Crippen MR) is 76.7 cm³/mol. The summed E-state index contributed by atoms with van der Waals surface area (Å²) in [5.41, 5.74) is 1.30. The van der Waals surface area contributed by atoms with Gasteiger partial charge in [-0.25, -0.2) is 0 Å². The van der Waals surface area contributed by atoms with Gasteiger partial charge in [-0.1, -0.05) is 12.1 Å². The van der Waals surface area contributed by atoms with Gasteiger partial charge in [-0.3, -0.25) is 14.4 Å². The Morgan fingerprint density at radius 3 is 2.35 bits per heavy atom. The lowest BCUT2D eigenvalue weighted by Crippen LogP contribution is -2.38. The third kappa shape index (κ3) is 2.57. The van der Waals surface area contributed by atoms with Crippen molar-refractivity contribution in [3.05, 3.63) is 24.3 Å². The minimum Gasteiger partial charge on any atom is -0.307 e. The van der Waals surface area contributed by atoms with Gasteiger partial charge in [-0.2, -0.15) is 0 Å². The summed E-state index contributed by atoms with van der Waals surface area (Å²) >= 11 is 0. The van der Waals surface area contributed by atoms with Gasteiger partial charge >= 0.3 is 0 Å². The van der Waals surface area contributed by atoms with Crippen molar-refractivity contribution in [3.63, 3.8) is 0 Å². The number of fused-ring (bicyclic) bond motifs is 1. The number of anilines is 2. The number of Topliss-reactive ketones (excluding diaryl/α,β-unsaturated/α-hetero) is 1. The van der Waals surface area contributed by atoms with Crippen molar-refractivity contribution in [3.8, 4) is 0 Å². The van der Waals surface area contributed by atoms with Gasteiger partial charge in [0.25, 0.3) is 0 Å². The standard InChI is InChI=1S/C15H18N2O3/c1-10-8-15(20)16(9-11(2)18)13-6-4-5-7-14(13)17(10)12(3)19/h4-7,10H,8-9H2,1-3H3. The van der Waals surface area contributed by atoms with E-state index in [1.165, 1.54) is 18.7 Å². The number of amides is 2. The lowest BCUT2D eigenvalue weighted by atomic mass is 10.2. The molecule has 106 valence electrons. The molecule has 1 unspecified atom stereocenters. The molecular formula is C15H18N2O3. The second kappa shape index (κ2) is 5.45.